The number of hydrogen-bond donors (Lipinski definition) is 0. The van der Waals surface area contributed by atoms with Gasteiger partial charge in [-0.1, -0.05) is 23.5 Å². The van der Waals surface area contributed by atoms with E-state index in [4.69, 9.17) is 4.74 Å². The lowest BCUT2D eigenvalue weighted by atomic mass is 10.3. The Bertz CT molecular complexity index is 403. The Hall–Kier alpha value is -1.02. The van der Waals surface area contributed by atoms with E-state index in [1.165, 1.54) is 10.1 Å². The Balaban J connectivity index is 2.60. The van der Waals surface area contributed by atoms with Crippen LogP contribution in [-0.4, -0.2) is 0 Å². The average molecular weight is 148 g/mol. The molecule has 0 amide bonds. The summed E-state index contributed by atoms with van der Waals surface area (Å²) in [5.74, 6) is 1.10. The molecule has 0 aliphatic carbocycles. The van der Waals surface area contributed by atoms with Crippen molar-refractivity contribution in [1.29, 1.82) is 0 Å². The number of benzene rings is 1. The van der Waals surface area contributed by atoms with Crippen LogP contribution in [0.15, 0.2) is 24.3 Å². The monoisotopic (exact) mass is 148 g/mol. The van der Waals surface area contributed by atoms with E-state index in [1.54, 1.807) is 11.3 Å². The summed E-state index contributed by atoms with van der Waals surface area (Å²) in [5, 5.41) is 2.36. The van der Waals surface area contributed by atoms with Gasteiger partial charge in [0, 0.05) is 10.1 Å². The third kappa shape index (κ3) is 0.434. The SMILES string of the molecule is c1ccc2c3c(sc2c1)O3. The van der Waals surface area contributed by atoms with Gasteiger partial charge >= 0.3 is 0 Å². The second-order valence-corrected chi connectivity index (χ2v) is 3.33. The fraction of sp³-hybridized carbons (Fsp3) is 0. The van der Waals surface area contributed by atoms with E-state index in [0.29, 0.717) is 0 Å². The predicted octanol–water partition coefficient (Wildman–Crippen LogP) is 3.01. The molecular weight excluding hydrogens is 144 g/mol. The van der Waals surface area contributed by atoms with E-state index in [9.17, 15) is 0 Å². The van der Waals surface area contributed by atoms with Crippen LogP contribution in [0.25, 0.3) is 10.1 Å². The van der Waals surface area contributed by atoms with Crippen LogP contribution in [0.4, 0.5) is 0 Å². The molecule has 0 radical (unpaired) electrons. The third-order valence-corrected chi connectivity index (χ3v) is 2.70. The van der Waals surface area contributed by atoms with E-state index in [1.807, 2.05) is 6.07 Å². The molecule has 0 spiro atoms. The van der Waals surface area contributed by atoms with Crippen molar-refractivity contribution in [2.24, 2.45) is 0 Å². The smallest absolute Gasteiger partial charge is 0.225 e. The molecule has 0 saturated heterocycles. The van der Waals surface area contributed by atoms with E-state index in [0.717, 1.165) is 10.8 Å². The molecule has 2 aromatic rings. The second kappa shape index (κ2) is 1.35. The van der Waals surface area contributed by atoms with Gasteiger partial charge in [0.15, 0.2) is 5.75 Å². The van der Waals surface area contributed by atoms with Gasteiger partial charge < -0.3 is 4.74 Å². The van der Waals surface area contributed by atoms with Gasteiger partial charge in [0.1, 0.15) is 0 Å². The third-order valence-electron chi connectivity index (χ3n) is 1.67. The molecule has 1 aromatic carbocycles. The van der Waals surface area contributed by atoms with Gasteiger partial charge in [0.2, 0.25) is 5.06 Å². The minimum atomic E-state index is 1.10. The van der Waals surface area contributed by atoms with Gasteiger partial charge in [0.05, 0.1) is 0 Å². The van der Waals surface area contributed by atoms with Crippen molar-refractivity contribution < 1.29 is 4.74 Å². The summed E-state index contributed by atoms with van der Waals surface area (Å²) in [6, 6.07) is 8.31. The van der Waals surface area contributed by atoms with E-state index in [-0.39, 0.29) is 0 Å². The van der Waals surface area contributed by atoms with Crippen molar-refractivity contribution in [2.45, 2.75) is 0 Å². The van der Waals surface area contributed by atoms with Crippen LogP contribution >= 0.6 is 11.3 Å². The van der Waals surface area contributed by atoms with Crippen molar-refractivity contribution in [2.75, 3.05) is 0 Å². The first kappa shape index (κ1) is 4.74. The Morgan fingerprint density at radius 1 is 1.20 bits per heavy atom. The molecule has 0 saturated carbocycles. The number of thiophene rings is 1. The lowest BCUT2D eigenvalue weighted by molar-refractivity contribution is 0.661. The molecular formula is C8H4OS. The lowest BCUT2D eigenvalue weighted by Gasteiger charge is -1.85. The van der Waals surface area contributed by atoms with Gasteiger partial charge in [-0.2, -0.15) is 0 Å². The zero-order valence-electron chi connectivity index (χ0n) is 5.13. The molecule has 3 rings (SSSR count). The normalized spacial score (nSPS) is 12.8. The van der Waals surface area contributed by atoms with Gasteiger partial charge in [-0.3, -0.25) is 0 Å². The summed E-state index contributed by atoms with van der Waals surface area (Å²) in [4.78, 5) is 0. The molecule has 1 aliphatic rings. The Morgan fingerprint density at radius 3 is 3.00 bits per heavy atom. The number of fused-ring (bicyclic) bond motifs is 3. The molecule has 0 unspecified atom stereocenters. The maximum atomic E-state index is 5.18. The van der Waals surface area contributed by atoms with Crippen molar-refractivity contribution in [3.63, 3.8) is 0 Å². The molecule has 0 atom stereocenters. The topological polar surface area (TPSA) is 12.5 Å². The Labute approximate surface area is 61.9 Å². The summed E-state index contributed by atoms with van der Waals surface area (Å²) in [7, 11) is 0. The Kier molecular flexibility index (Phi) is 0.640. The van der Waals surface area contributed by atoms with E-state index in [2.05, 4.69) is 18.2 Å². The first-order chi connectivity index (χ1) is 4.95. The summed E-state index contributed by atoms with van der Waals surface area (Å²) >= 11 is 1.72. The number of ether oxygens (including phenoxy) is 1. The van der Waals surface area contributed by atoms with Crippen molar-refractivity contribution in [3.8, 4) is 10.8 Å². The van der Waals surface area contributed by atoms with Crippen molar-refractivity contribution in [3.05, 3.63) is 24.3 Å². The summed E-state index contributed by atoms with van der Waals surface area (Å²) in [6.45, 7) is 0. The fourth-order valence-corrected chi connectivity index (χ4v) is 2.09. The lowest BCUT2D eigenvalue weighted by Crippen LogP contribution is -1.60. The molecule has 1 aromatic heterocycles. The number of rotatable bonds is 0. The maximum absolute atomic E-state index is 5.18. The van der Waals surface area contributed by atoms with E-state index >= 15 is 0 Å². The number of hydrogen-bond acceptors (Lipinski definition) is 2. The molecule has 2 heteroatoms. The van der Waals surface area contributed by atoms with Crippen LogP contribution in [0, 0.1) is 0 Å². The van der Waals surface area contributed by atoms with Crippen molar-refractivity contribution >= 4 is 21.4 Å². The van der Waals surface area contributed by atoms with Crippen LogP contribution in [-0.2, 0) is 0 Å². The largest absolute Gasteiger partial charge is 0.437 e. The van der Waals surface area contributed by atoms with Crippen LogP contribution in [0.2, 0.25) is 0 Å². The molecule has 0 fully saturated rings. The summed E-state index contributed by atoms with van der Waals surface area (Å²) in [5.41, 5.74) is 0. The fourth-order valence-electron chi connectivity index (χ4n) is 1.14. The highest BCUT2D eigenvalue weighted by atomic mass is 32.1. The first-order valence-electron chi connectivity index (χ1n) is 3.14. The van der Waals surface area contributed by atoms with Crippen LogP contribution < -0.4 is 4.74 Å². The molecule has 48 valence electrons. The summed E-state index contributed by atoms with van der Waals surface area (Å²) in [6.07, 6.45) is 0. The average Bonchev–Trinajstić information content (AvgIpc) is 2.64. The highest BCUT2D eigenvalue weighted by Crippen LogP contribution is 2.57. The van der Waals surface area contributed by atoms with Crippen LogP contribution in [0.5, 0.6) is 10.8 Å². The van der Waals surface area contributed by atoms with Crippen LogP contribution in [0.3, 0.4) is 0 Å². The minimum absolute atomic E-state index is 1.10. The zero-order chi connectivity index (χ0) is 6.55. The molecule has 2 heterocycles. The van der Waals surface area contributed by atoms with Gasteiger partial charge in [0.25, 0.3) is 0 Å². The minimum Gasteiger partial charge on any atom is -0.437 e. The molecule has 1 aliphatic heterocycles. The zero-order valence-corrected chi connectivity index (χ0v) is 5.94. The van der Waals surface area contributed by atoms with Gasteiger partial charge in [-0.05, 0) is 12.1 Å². The van der Waals surface area contributed by atoms with E-state index < -0.39 is 0 Å². The predicted molar refractivity (Wildman–Crippen MR) is 41.9 cm³/mol. The molecule has 1 nitrogen and oxygen atoms in total. The van der Waals surface area contributed by atoms with Crippen LogP contribution in [0.1, 0.15) is 0 Å². The molecule has 0 N–H and O–H groups in total. The standard InChI is InChI=1S/C8H4OS/c1-2-4-6-5(3-1)7-8(9-7)10-6/h1-4H. The van der Waals surface area contributed by atoms with Gasteiger partial charge in [-0.15, -0.1) is 0 Å². The quantitative estimate of drug-likeness (QED) is 0.446. The highest BCUT2D eigenvalue weighted by molar-refractivity contribution is 7.22. The van der Waals surface area contributed by atoms with Crippen molar-refractivity contribution in [1.82, 2.24) is 0 Å². The van der Waals surface area contributed by atoms with Gasteiger partial charge in [-0.25, -0.2) is 0 Å². The summed E-state index contributed by atoms with van der Waals surface area (Å²) < 4.78 is 6.51. The molecule has 10 heavy (non-hydrogen) atoms. The maximum Gasteiger partial charge on any atom is 0.225 e. The second-order valence-electron chi connectivity index (χ2n) is 2.32. The molecule has 0 bridgehead atoms. The highest BCUT2D eigenvalue weighted by Gasteiger charge is 2.26. The Morgan fingerprint density at radius 2 is 2.10 bits per heavy atom. The first-order valence-corrected chi connectivity index (χ1v) is 3.96.